The molecule has 1 N–H and O–H groups in total. The number of rotatable bonds is 1. The maximum atomic E-state index is 9.88. The van der Waals surface area contributed by atoms with E-state index in [9.17, 15) is 5.11 Å². The highest BCUT2D eigenvalue weighted by atomic mass is 16.3. The summed E-state index contributed by atoms with van der Waals surface area (Å²) in [6.45, 7) is 7.44. The minimum absolute atomic E-state index is 0.0104. The Hall–Kier alpha value is -0.0400. The second kappa shape index (κ2) is 3.98. The van der Waals surface area contributed by atoms with Crippen LogP contribution < -0.4 is 0 Å². The van der Waals surface area contributed by atoms with E-state index in [1.807, 2.05) is 0 Å². The molecule has 3 aliphatic rings. The quantitative estimate of drug-likeness (QED) is 0.733. The average Bonchev–Trinajstić information content (AvgIpc) is 2.79. The molecule has 3 fully saturated rings. The van der Waals surface area contributed by atoms with E-state index in [1.165, 1.54) is 25.7 Å². The molecule has 0 amide bonds. The number of aliphatic hydroxyl groups is 1. The Labute approximate surface area is 106 Å². The third-order valence-corrected chi connectivity index (χ3v) is 6.82. The lowest BCUT2D eigenvalue weighted by molar-refractivity contribution is 0.0247. The zero-order valence-corrected chi connectivity index (χ0v) is 11.7. The summed E-state index contributed by atoms with van der Waals surface area (Å²) in [5.74, 6) is 4.60. The monoisotopic (exact) mass is 236 g/mol. The predicted molar refractivity (Wildman–Crippen MR) is 70.6 cm³/mol. The molecule has 6 atom stereocenters. The number of hydrogen-bond acceptors (Lipinski definition) is 1. The molecule has 0 heterocycles. The van der Waals surface area contributed by atoms with Gasteiger partial charge in [0.05, 0.1) is 6.10 Å². The van der Waals surface area contributed by atoms with Crippen LogP contribution >= 0.6 is 0 Å². The molecule has 0 spiro atoms. The summed E-state index contributed by atoms with van der Waals surface area (Å²) < 4.78 is 0. The standard InChI is InChI=1S/C16H28O/c1-10-14-8-12(16(10,2)3)9-15(14)11-5-4-6-13(17)7-11/h10-15,17H,4-9H2,1-3H3/t10-,11?,12+,13?,14+,15+/m1/s1. The van der Waals surface area contributed by atoms with Gasteiger partial charge in [-0.2, -0.15) is 0 Å². The zero-order valence-electron chi connectivity index (χ0n) is 11.7. The SMILES string of the molecule is C[C@@H]1[C@@H]2C[C@@H](C[C@H]2C2CCCC(O)C2)C1(C)C. The molecule has 1 heteroatoms. The topological polar surface area (TPSA) is 20.2 Å². The highest BCUT2D eigenvalue weighted by molar-refractivity contribution is 5.05. The second-order valence-corrected chi connectivity index (χ2v) is 7.69. The molecule has 0 saturated heterocycles. The van der Waals surface area contributed by atoms with Crippen LogP contribution in [-0.2, 0) is 0 Å². The maximum absolute atomic E-state index is 9.88. The van der Waals surface area contributed by atoms with E-state index in [1.54, 1.807) is 0 Å². The lowest BCUT2D eigenvalue weighted by atomic mass is 9.62. The second-order valence-electron chi connectivity index (χ2n) is 7.69. The fourth-order valence-corrected chi connectivity index (χ4v) is 5.34. The number of fused-ring (bicyclic) bond motifs is 2. The minimum Gasteiger partial charge on any atom is -0.393 e. The smallest absolute Gasteiger partial charge is 0.0543 e. The van der Waals surface area contributed by atoms with E-state index in [4.69, 9.17) is 0 Å². The van der Waals surface area contributed by atoms with E-state index in [2.05, 4.69) is 20.8 Å². The van der Waals surface area contributed by atoms with Gasteiger partial charge < -0.3 is 5.11 Å². The Bertz CT molecular complexity index is 292. The zero-order chi connectivity index (χ0) is 12.2. The summed E-state index contributed by atoms with van der Waals surface area (Å²) in [4.78, 5) is 0. The highest BCUT2D eigenvalue weighted by Crippen LogP contribution is 2.63. The first-order valence-electron chi connectivity index (χ1n) is 7.68. The van der Waals surface area contributed by atoms with Crippen LogP contribution in [0, 0.1) is 35.0 Å². The van der Waals surface area contributed by atoms with Crippen molar-refractivity contribution in [2.75, 3.05) is 0 Å². The molecule has 98 valence electrons. The van der Waals surface area contributed by atoms with E-state index in [0.29, 0.717) is 5.41 Å². The van der Waals surface area contributed by atoms with Crippen molar-refractivity contribution >= 4 is 0 Å². The van der Waals surface area contributed by atoms with Crippen molar-refractivity contribution in [3.63, 3.8) is 0 Å². The maximum Gasteiger partial charge on any atom is 0.0543 e. The molecular formula is C16H28O. The summed E-state index contributed by atoms with van der Waals surface area (Å²) >= 11 is 0. The van der Waals surface area contributed by atoms with Gasteiger partial charge in [-0.1, -0.05) is 27.2 Å². The van der Waals surface area contributed by atoms with Crippen molar-refractivity contribution in [3.05, 3.63) is 0 Å². The molecule has 3 aliphatic carbocycles. The number of hydrogen-bond donors (Lipinski definition) is 1. The van der Waals surface area contributed by atoms with Crippen LogP contribution in [0.2, 0.25) is 0 Å². The Kier molecular flexibility index (Phi) is 2.81. The molecule has 1 nitrogen and oxygen atoms in total. The van der Waals surface area contributed by atoms with E-state index in [0.717, 1.165) is 42.4 Å². The van der Waals surface area contributed by atoms with Gasteiger partial charge >= 0.3 is 0 Å². The van der Waals surface area contributed by atoms with Gasteiger partial charge in [-0.05, 0) is 67.1 Å². The van der Waals surface area contributed by atoms with Crippen LogP contribution in [0.3, 0.4) is 0 Å². The molecule has 3 saturated carbocycles. The van der Waals surface area contributed by atoms with Gasteiger partial charge in [-0.15, -0.1) is 0 Å². The highest BCUT2D eigenvalue weighted by Gasteiger charge is 2.56. The van der Waals surface area contributed by atoms with E-state index >= 15 is 0 Å². The third kappa shape index (κ3) is 1.77. The van der Waals surface area contributed by atoms with Gasteiger partial charge in [0.2, 0.25) is 0 Å². The normalized spacial score (nSPS) is 52.9. The number of aliphatic hydroxyl groups excluding tert-OH is 1. The van der Waals surface area contributed by atoms with Gasteiger partial charge in [-0.3, -0.25) is 0 Å². The first-order valence-corrected chi connectivity index (χ1v) is 7.68. The molecule has 0 aliphatic heterocycles. The van der Waals surface area contributed by atoms with Crippen molar-refractivity contribution in [3.8, 4) is 0 Å². The Morgan fingerprint density at radius 2 is 1.71 bits per heavy atom. The molecule has 2 unspecified atom stereocenters. The average molecular weight is 236 g/mol. The first kappa shape index (κ1) is 12.0. The summed E-state index contributed by atoms with van der Waals surface area (Å²) in [5, 5.41) is 9.88. The first-order chi connectivity index (χ1) is 8.00. The summed E-state index contributed by atoms with van der Waals surface area (Å²) in [7, 11) is 0. The van der Waals surface area contributed by atoms with Crippen LogP contribution in [0.25, 0.3) is 0 Å². The molecule has 0 aromatic rings. The predicted octanol–water partition coefficient (Wildman–Crippen LogP) is 3.86. The van der Waals surface area contributed by atoms with Crippen molar-refractivity contribution in [1.29, 1.82) is 0 Å². The summed E-state index contributed by atoms with van der Waals surface area (Å²) in [6.07, 6.45) is 7.75. The minimum atomic E-state index is 0.0104. The molecule has 0 radical (unpaired) electrons. The molecule has 3 rings (SSSR count). The Balaban J connectivity index is 1.72. The van der Waals surface area contributed by atoms with Gasteiger partial charge in [-0.25, -0.2) is 0 Å². The fourth-order valence-electron chi connectivity index (χ4n) is 5.34. The molecule has 0 aromatic heterocycles. The van der Waals surface area contributed by atoms with E-state index in [-0.39, 0.29) is 6.10 Å². The van der Waals surface area contributed by atoms with Crippen LogP contribution in [0.5, 0.6) is 0 Å². The summed E-state index contributed by atoms with van der Waals surface area (Å²) in [6, 6.07) is 0. The van der Waals surface area contributed by atoms with Gasteiger partial charge in [0.25, 0.3) is 0 Å². The molecular weight excluding hydrogens is 208 g/mol. The summed E-state index contributed by atoms with van der Waals surface area (Å²) in [5.41, 5.74) is 0.578. The fraction of sp³-hybridized carbons (Fsp3) is 1.00. The van der Waals surface area contributed by atoms with Crippen molar-refractivity contribution in [2.45, 2.75) is 65.4 Å². The Morgan fingerprint density at radius 3 is 2.29 bits per heavy atom. The van der Waals surface area contributed by atoms with Crippen molar-refractivity contribution in [2.24, 2.45) is 35.0 Å². The van der Waals surface area contributed by atoms with E-state index < -0.39 is 0 Å². The Morgan fingerprint density at radius 1 is 1.00 bits per heavy atom. The lowest BCUT2D eigenvalue weighted by Gasteiger charge is -2.44. The largest absolute Gasteiger partial charge is 0.393 e. The van der Waals surface area contributed by atoms with Crippen molar-refractivity contribution < 1.29 is 5.11 Å². The van der Waals surface area contributed by atoms with Crippen LogP contribution in [0.1, 0.15) is 59.3 Å². The van der Waals surface area contributed by atoms with Crippen LogP contribution in [0.15, 0.2) is 0 Å². The van der Waals surface area contributed by atoms with Gasteiger partial charge in [0.15, 0.2) is 0 Å². The molecule has 2 bridgehead atoms. The van der Waals surface area contributed by atoms with Gasteiger partial charge in [0, 0.05) is 0 Å². The van der Waals surface area contributed by atoms with Crippen LogP contribution in [0.4, 0.5) is 0 Å². The third-order valence-electron chi connectivity index (χ3n) is 6.82. The van der Waals surface area contributed by atoms with Crippen LogP contribution in [-0.4, -0.2) is 11.2 Å². The lowest BCUT2D eigenvalue weighted by Crippen LogP contribution is -2.37. The molecule has 0 aromatic carbocycles. The molecule has 17 heavy (non-hydrogen) atoms. The van der Waals surface area contributed by atoms with Crippen molar-refractivity contribution in [1.82, 2.24) is 0 Å². The van der Waals surface area contributed by atoms with Gasteiger partial charge in [0.1, 0.15) is 0 Å².